The van der Waals surface area contributed by atoms with E-state index in [-0.39, 0.29) is 23.8 Å². The molecule has 138 valence electrons. The number of hydrogen-bond acceptors (Lipinski definition) is 3. The molecule has 0 atom stereocenters. The van der Waals surface area contributed by atoms with Crippen LogP contribution in [0.2, 0.25) is 5.02 Å². The lowest BCUT2D eigenvalue weighted by atomic mass is 10.1. The lowest BCUT2D eigenvalue weighted by molar-refractivity contribution is -0.120. The van der Waals surface area contributed by atoms with Crippen LogP contribution in [0.25, 0.3) is 0 Å². The summed E-state index contributed by atoms with van der Waals surface area (Å²) in [5.74, 6) is -1.31. The molecule has 2 N–H and O–H groups in total. The minimum Gasteiger partial charge on any atom is -0.434 e. The van der Waals surface area contributed by atoms with Gasteiger partial charge in [0.2, 0.25) is 5.91 Å². The Kier molecular flexibility index (Phi) is 7.35. The molecule has 8 heteroatoms. The highest BCUT2D eigenvalue weighted by Crippen LogP contribution is 2.19. The fraction of sp³-hybridized carbons (Fsp3) is 0.222. The van der Waals surface area contributed by atoms with E-state index < -0.39 is 12.5 Å². The van der Waals surface area contributed by atoms with Gasteiger partial charge >= 0.3 is 6.61 Å². The van der Waals surface area contributed by atoms with Crippen molar-refractivity contribution in [3.8, 4) is 5.75 Å². The molecule has 0 fully saturated rings. The largest absolute Gasteiger partial charge is 0.434 e. The molecule has 0 aliphatic carbocycles. The fourth-order valence-corrected chi connectivity index (χ4v) is 2.29. The third-order valence-corrected chi connectivity index (χ3v) is 3.66. The highest BCUT2D eigenvalue weighted by atomic mass is 35.5. The zero-order chi connectivity index (χ0) is 18.9. The maximum atomic E-state index is 12.4. The van der Waals surface area contributed by atoms with E-state index in [1.54, 1.807) is 12.1 Å². The SMILES string of the molecule is O=C(CNC(=O)c1ccccc1OC(F)F)NCCc1ccc(Cl)cc1. The van der Waals surface area contributed by atoms with Gasteiger partial charge in [0.25, 0.3) is 5.91 Å². The van der Waals surface area contributed by atoms with Gasteiger partial charge in [-0.1, -0.05) is 35.9 Å². The summed E-state index contributed by atoms with van der Waals surface area (Å²) in [6.45, 7) is -2.93. The number of amides is 2. The van der Waals surface area contributed by atoms with Crippen molar-refractivity contribution in [1.82, 2.24) is 10.6 Å². The van der Waals surface area contributed by atoms with E-state index in [4.69, 9.17) is 11.6 Å². The molecule has 2 aromatic rings. The molecule has 0 aliphatic heterocycles. The van der Waals surface area contributed by atoms with Gasteiger partial charge in [-0.05, 0) is 36.2 Å². The monoisotopic (exact) mass is 382 g/mol. The van der Waals surface area contributed by atoms with Crippen LogP contribution < -0.4 is 15.4 Å². The van der Waals surface area contributed by atoms with Crippen LogP contribution in [-0.2, 0) is 11.2 Å². The minimum atomic E-state index is -3.04. The molecule has 2 rings (SSSR count). The van der Waals surface area contributed by atoms with Gasteiger partial charge < -0.3 is 15.4 Å². The molecule has 0 spiro atoms. The molecule has 0 bridgehead atoms. The molecule has 0 aliphatic rings. The Morgan fingerprint density at radius 3 is 2.42 bits per heavy atom. The van der Waals surface area contributed by atoms with Crippen molar-refractivity contribution in [3.63, 3.8) is 0 Å². The molecule has 0 unspecified atom stereocenters. The molecule has 26 heavy (non-hydrogen) atoms. The van der Waals surface area contributed by atoms with Crippen molar-refractivity contribution in [1.29, 1.82) is 0 Å². The summed E-state index contributed by atoms with van der Waals surface area (Å²) in [5, 5.41) is 5.67. The number of hydrogen-bond donors (Lipinski definition) is 2. The van der Waals surface area contributed by atoms with Crippen molar-refractivity contribution in [2.24, 2.45) is 0 Å². The van der Waals surface area contributed by atoms with E-state index >= 15 is 0 Å². The van der Waals surface area contributed by atoms with E-state index in [2.05, 4.69) is 15.4 Å². The number of carbonyl (C=O) groups is 2. The van der Waals surface area contributed by atoms with Crippen LogP contribution in [0.5, 0.6) is 5.75 Å². The van der Waals surface area contributed by atoms with Crippen molar-refractivity contribution in [2.45, 2.75) is 13.0 Å². The minimum absolute atomic E-state index is 0.0678. The van der Waals surface area contributed by atoms with Crippen molar-refractivity contribution < 1.29 is 23.1 Å². The highest BCUT2D eigenvalue weighted by molar-refractivity contribution is 6.30. The zero-order valence-electron chi connectivity index (χ0n) is 13.7. The standard InChI is InChI=1S/C18H17ClF2N2O3/c19-13-7-5-12(6-8-13)9-10-22-16(24)11-23-17(25)14-3-1-2-4-15(14)26-18(20)21/h1-8,18H,9-11H2,(H,22,24)(H,23,25). The summed E-state index contributed by atoms with van der Waals surface area (Å²) >= 11 is 5.80. The first-order chi connectivity index (χ1) is 12.5. The summed E-state index contributed by atoms with van der Waals surface area (Å²) in [6.07, 6.45) is 0.613. The highest BCUT2D eigenvalue weighted by Gasteiger charge is 2.15. The predicted octanol–water partition coefficient (Wildman–Crippen LogP) is 3.03. The van der Waals surface area contributed by atoms with E-state index in [1.165, 1.54) is 24.3 Å². The molecule has 0 saturated heterocycles. The first-order valence-electron chi connectivity index (χ1n) is 7.79. The van der Waals surface area contributed by atoms with Gasteiger partial charge in [-0.25, -0.2) is 0 Å². The quantitative estimate of drug-likeness (QED) is 0.737. The third-order valence-electron chi connectivity index (χ3n) is 3.41. The molecule has 5 nitrogen and oxygen atoms in total. The van der Waals surface area contributed by atoms with Crippen LogP contribution >= 0.6 is 11.6 Å². The van der Waals surface area contributed by atoms with Gasteiger partial charge in [0.05, 0.1) is 12.1 Å². The number of nitrogens with one attached hydrogen (secondary N) is 2. The van der Waals surface area contributed by atoms with Crippen LogP contribution in [0, 0.1) is 0 Å². The number of para-hydroxylation sites is 1. The molecular weight excluding hydrogens is 366 g/mol. The van der Waals surface area contributed by atoms with E-state index in [0.29, 0.717) is 18.0 Å². The number of rotatable bonds is 8. The second-order valence-corrected chi connectivity index (χ2v) is 5.72. The molecule has 0 radical (unpaired) electrons. The average molecular weight is 383 g/mol. The van der Waals surface area contributed by atoms with E-state index in [1.807, 2.05) is 12.1 Å². The van der Waals surface area contributed by atoms with Gasteiger partial charge in [0.15, 0.2) is 0 Å². The number of alkyl halides is 2. The molecule has 0 aromatic heterocycles. The summed E-state index contributed by atoms with van der Waals surface area (Å²) in [6, 6.07) is 12.8. The molecular formula is C18H17ClF2N2O3. The summed E-state index contributed by atoms with van der Waals surface area (Å²) in [4.78, 5) is 23.8. The first kappa shape index (κ1) is 19.7. The Morgan fingerprint density at radius 1 is 1.04 bits per heavy atom. The van der Waals surface area contributed by atoms with Gasteiger partial charge in [0.1, 0.15) is 5.75 Å². The van der Waals surface area contributed by atoms with Gasteiger partial charge in [0, 0.05) is 11.6 Å². The van der Waals surface area contributed by atoms with Gasteiger partial charge in [-0.2, -0.15) is 8.78 Å². The summed E-state index contributed by atoms with van der Waals surface area (Å²) in [5.41, 5.74) is 0.943. The third kappa shape index (κ3) is 6.33. The van der Waals surface area contributed by atoms with Crippen LogP contribution in [0.3, 0.4) is 0 Å². The Labute approximate surface area is 154 Å². The maximum Gasteiger partial charge on any atom is 0.387 e. The Bertz CT molecular complexity index is 754. The van der Waals surface area contributed by atoms with Crippen molar-refractivity contribution in [3.05, 3.63) is 64.7 Å². The van der Waals surface area contributed by atoms with Crippen LogP contribution in [-0.4, -0.2) is 31.5 Å². The van der Waals surface area contributed by atoms with E-state index in [9.17, 15) is 18.4 Å². The molecule has 2 aromatic carbocycles. The Balaban J connectivity index is 1.78. The molecule has 2 amide bonds. The topological polar surface area (TPSA) is 67.4 Å². The number of carbonyl (C=O) groups excluding carboxylic acids is 2. The summed E-state index contributed by atoms with van der Waals surface area (Å²) in [7, 11) is 0. The lowest BCUT2D eigenvalue weighted by Gasteiger charge is -2.11. The molecule has 0 saturated carbocycles. The number of benzene rings is 2. The van der Waals surface area contributed by atoms with Crippen molar-refractivity contribution in [2.75, 3.05) is 13.1 Å². The Morgan fingerprint density at radius 2 is 1.73 bits per heavy atom. The summed E-state index contributed by atoms with van der Waals surface area (Å²) < 4.78 is 29.0. The first-order valence-corrected chi connectivity index (χ1v) is 8.16. The predicted molar refractivity (Wildman–Crippen MR) is 93.6 cm³/mol. The second kappa shape index (κ2) is 9.72. The second-order valence-electron chi connectivity index (χ2n) is 5.28. The zero-order valence-corrected chi connectivity index (χ0v) is 14.4. The van der Waals surface area contributed by atoms with Gasteiger partial charge in [-0.15, -0.1) is 0 Å². The van der Waals surface area contributed by atoms with Crippen molar-refractivity contribution >= 4 is 23.4 Å². The Hall–Kier alpha value is -2.67. The maximum absolute atomic E-state index is 12.4. The fourth-order valence-electron chi connectivity index (χ4n) is 2.17. The van der Waals surface area contributed by atoms with Crippen LogP contribution in [0.1, 0.15) is 15.9 Å². The van der Waals surface area contributed by atoms with Crippen LogP contribution in [0.4, 0.5) is 8.78 Å². The van der Waals surface area contributed by atoms with E-state index in [0.717, 1.165) is 5.56 Å². The molecule has 0 heterocycles. The smallest absolute Gasteiger partial charge is 0.387 e. The number of halogens is 3. The number of ether oxygens (including phenoxy) is 1. The van der Waals surface area contributed by atoms with Crippen LogP contribution in [0.15, 0.2) is 48.5 Å². The normalized spacial score (nSPS) is 10.5. The van der Waals surface area contributed by atoms with Gasteiger partial charge in [-0.3, -0.25) is 9.59 Å². The average Bonchev–Trinajstić information content (AvgIpc) is 2.61. The lowest BCUT2D eigenvalue weighted by Crippen LogP contribution is -2.37.